The van der Waals surface area contributed by atoms with E-state index in [4.69, 9.17) is 0 Å². The van der Waals surface area contributed by atoms with Gasteiger partial charge in [0.1, 0.15) is 0 Å². The number of fused-ring (bicyclic) bond motifs is 3. The normalized spacial score (nSPS) is 17.7. The molecule has 0 spiro atoms. The van der Waals surface area contributed by atoms with Crippen LogP contribution in [0.1, 0.15) is 67.3 Å². The molecular weight excluding hydrogens is 567 g/mol. The fourth-order valence-corrected chi connectivity index (χ4v) is 8.15. The van der Waals surface area contributed by atoms with Crippen LogP contribution in [0.3, 0.4) is 0 Å². The largest absolute Gasteiger partial charge is 0.227 e. The van der Waals surface area contributed by atoms with Gasteiger partial charge in [-0.1, -0.05) is 123 Å². The Labute approximate surface area is 277 Å². The lowest BCUT2D eigenvalue weighted by molar-refractivity contribution is -0.340. The van der Waals surface area contributed by atoms with Gasteiger partial charge in [0.2, 0.25) is 17.1 Å². The van der Waals surface area contributed by atoms with Crippen LogP contribution in [0.2, 0.25) is 0 Å². The summed E-state index contributed by atoms with van der Waals surface area (Å²) in [4.78, 5) is 0. The van der Waals surface area contributed by atoms with E-state index >= 15 is 0 Å². The first-order valence-electron chi connectivity index (χ1n) is 17.1. The Bertz CT molecular complexity index is 2260. The molecule has 4 aliphatic rings. The van der Waals surface area contributed by atoms with E-state index < -0.39 is 0 Å². The molecule has 5 aromatic rings. The molecule has 3 aliphatic carbocycles. The number of nitrogens with zero attached hydrogens (tertiary/aromatic N) is 1. The van der Waals surface area contributed by atoms with Crippen LogP contribution in [0.25, 0.3) is 38.7 Å². The highest BCUT2D eigenvalue weighted by atomic mass is 15.1. The molecule has 0 fully saturated rings. The second-order valence-electron chi connectivity index (χ2n) is 13.7. The van der Waals surface area contributed by atoms with Crippen LogP contribution in [-0.4, -0.2) is 10.3 Å². The van der Waals surface area contributed by atoms with Crippen molar-refractivity contribution < 1.29 is 4.58 Å². The molecule has 1 aliphatic heterocycles. The molecule has 0 saturated heterocycles. The van der Waals surface area contributed by atoms with Crippen LogP contribution in [0.5, 0.6) is 0 Å². The van der Waals surface area contributed by atoms with Crippen molar-refractivity contribution in [1.29, 1.82) is 0 Å². The number of hydrogen-bond acceptors (Lipinski definition) is 0. The van der Waals surface area contributed by atoms with E-state index in [9.17, 15) is 0 Å². The van der Waals surface area contributed by atoms with E-state index in [0.29, 0.717) is 0 Å². The quantitative estimate of drug-likeness (QED) is 0.176. The predicted molar refractivity (Wildman–Crippen MR) is 199 cm³/mol. The van der Waals surface area contributed by atoms with Crippen molar-refractivity contribution in [2.75, 3.05) is 0 Å². The molecule has 0 atom stereocenters. The lowest BCUT2D eigenvalue weighted by Gasteiger charge is -2.26. The number of benzene rings is 5. The molecule has 226 valence electrons. The summed E-state index contributed by atoms with van der Waals surface area (Å²) in [5, 5.41) is 2.60. The van der Waals surface area contributed by atoms with E-state index in [2.05, 4.69) is 164 Å². The molecule has 0 radical (unpaired) electrons. The summed E-state index contributed by atoms with van der Waals surface area (Å²) in [6.07, 6.45) is 18.6. The van der Waals surface area contributed by atoms with Crippen molar-refractivity contribution in [3.63, 3.8) is 0 Å². The first kappa shape index (κ1) is 28.0. The molecule has 1 nitrogen and oxygen atoms in total. The molecule has 0 bridgehead atoms. The van der Waals surface area contributed by atoms with Crippen molar-refractivity contribution in [3.8, 4) is 11.1 Å². The van der Waals surface area contributed by atoms with Crippen molar-refractivity contribution in [2.45, 2.75) is 44.9 Å². The van der Waals surface area contributed by atoms with Gasteiger partial charge in [-0.3, -0.25) is 0 Å². The Balaban J connectivity index is 1.26. The summed E-state index contributed by atoms with van der Waals surface area (Å²) in [6, 6.07) is 40.5. The summed E-state index contributed by atoms with van der Waals surface area (Å²) in [6.45, 7) is 4.86. The van der Waals surface area contributed by atoms with Gasteiger partial charge < -0.3 is 0 Å². The maximum Gasteiger partial charge on any atom is 0.227 e. The Morgan fingerprint density at radius 1 is 0.617 bits per heavy atom. The highest BCUT2D eigenvalue weighted by Crippen LogP contribution is 2.56. The predicted octanol–water partition coefficient (Wildman–Crippen LogP) is 11.8. The monoisotopic (exact) mass is 604 g/mol. The van der Waals surface area contributed by atoms with Crippen LogP contribution < -0.4 is 0 Å². The summed E-state index contributed by atoms with van der Waals surface area (Å²) in [7, 11) is 0. The molecule has 1 heterocycles. The fourth-order valence-electron chi connectivity index (χ4n) is 8.15. The molecule has 47 heavy (non-hydrogen) atoms. The minimum Gasteiger partial charge on any atom is -0.151 e. The van der Waals surface area contributed by atoms with Crippen molar-refractivity contribution in [3.05, 3.63) is 179 Å². The van der Waals surface area contributed by atoms with Crippen molar-refractivity contribution >= 4 is 39.0 Å². The molecule has 0 saturated carbocycles. The minimum atomic E-state index is -0.0106. The van der Waals surface area contributed by atoms with Gasteiger partial charge in [0.05, 0.1) is 17.0 Å². The Hall–Kier alpha value is -5.27. The molecule has 0 unspecified atom stereocenters. The van der Waals surface area contributed by atoms with Crippen LogP contribution in [0, 0.1) is 0 Å². The number of hydrogen-bond donors (Lipinski definition) is 0. The van der Waals surface area contributed by atoms with Gasteiger partial charge in [-0.15, -0.1) is 0 Å². The molecule has 0 N–H and O–H groups in total. The zero-order valence-corrected chi connectivity index (χ0v) is 27.1. The van der Waals surface area contributed by atoms with Gasteiger partial charge >= 0.3 is 0 Å². The van der Waals surface area contributed by atoms with Crippen LogP contribution in [0.15, 0.2) is 151 Å². The summed E-state index contributed by atoms with van der Waals surface area (Å²) in [5.74, 6) is 0. The summed E-state index contributed by atoms with van der Waals surface area (Å²) < 4.78 is 2.57. The molecule has 9 rings (SSSR count). The zero-order valence-electron chi connectivity index (χ0n) is 27.1. The second-order valence-corrected chi connectivity index (χ2v) is 13.7. The van der Waals surface area contributed by atoms with E-state index in [1.807, 2.05) is 0 Å². The van der Waals surface area contributed by atoms with Gasteiger partial charge in [0, 0.05) is 16.5 Å². The Morgan fingerprint density at radius 3 is 2.09 bits per heavy atom. The van der Waals surface area contributed by atoms with E-state index in [1.165, 1.54) is 78.0 Å². The van der Waals surface area contributed by atoms with Gasteiger partial charge in [0.25, 0.3) is 0 Å². The number of allylic oxidation sites excluding steroid dienone is 9. The third-order valence-corrected chi connectivity index (χ3v) is 10.7. The molecule has 0 amide bonds. The van der Waals surface area contributed by atoms with Crippen molar-refractivity contribution in [2.24, 2.45) is 0 Å². The van der Waals surface area contributed by atoms with Crippen LogP contribution >= 0.6 is 0 Å². The standard InChI is InChI=1S/C46H38N/c1-46(2)40-20-12-11-19-39(40)44-41(46)29-37-17-9-10-18-38(37)45(44)47-42(35-25-21-33(22-26-35)31-13-5-3-6-14-31)30-43(47)36-27-23-34(24-28-36)32-15-7-4-8-16-32/h3,5-7,9-11,13-19,21-30H,4,8,12,20H2,1-2H3/q+1. The van der Waals surface area contributed by atoms with Crippen LogP contribution in [-0.2, 0) is 5.41 Å². The van der Waals surface area contributed by atoms with Crippen molar-refractivity contribution in [1.82, 2.24) is 0 Å². The van der Waals surface area contributed by atoms with E-state index in [-0.39, 0.29) is 5.41 Å². The van der Waals surface area contributed by atoms with Gasteiger partial charge in [-0.2, -0.15) is 4.58 Å². The van der Waals surface area contributed by atoms with Crippen LogP contribution in [0.4, 0.5) is 5.69 Å². The second kappa shape index (κ2) is 10.9. The highest BCUT2D eigenvalue weighted by Gasteiger charge is 2.45. The number of rotatable bonds is 5. The molecule has 5 aromatic carbocycles. The maximum absolute atomic E-state index is 2.57. The zero-order chi connectivity index (χ0) is 31.5. The maximum atomic E-state index is 2.57. The van der Waals surface area contributed by atoms with Gasteiger partial charge in [-0.25, -0.2) is 0 Å². The third kappa shape index (κ3) is 4.48. The summed E-state index contributed by atoms with van der Waals surface area (Å²) >= 11 is 0. The van der Waals surface area contributed by atoms with E-state index in [1.54, 1.807) is 5.57 Å². The van der Waals surface area contributed by atoms with E-state index in [0.717, 1.165) is 25.7 Å². The highest BCUT2D eigenvalue weighted by molar-refractivity contribution is 6.16. The lowest BCUT2D eigenvalue weighted by Crippen LogP contribution is -2.26. The average Bonchev–Trinajstić information content (AvgIpc) is 3.35. The SMILES string of the molecule is CC1(C)C2=C(C=CCC2)c2c1cc1ccccc1c2[N+]1=C(c2ccc(C3=CCCC=C3)cc2)C=C1c1ccc(-c2ccccc2)cc1. The molecular formula is C46H38N+. The Morgan fingerprint density at radius 2 is 1.30 bits per heavy atom. The topological polar surface area (TPSA) is 3.01 Å². The lowest BCUT2D eigenvalue weighted by atomic mass is 9.78. The molecule has 0 aromatic heterocycles. The summed E-state index contributed by atoms with van der Waals surface area (Å²) in [5.41, 5.74) is 17.2. The third-order valence-electron chi connectivity index (χ3n) is 10.7. The first-order valence-corrected chi connectivity index (χ1v) is 17.1. The average molecular weight is 605 g/mol. The molecule has 1 heteroatoms. The first-order chi connectivity index (χ1) is 23.1. The van der Waals surface area contributed by atoms with Gasteiger partial charge in [-0.05, 0) is 101 Å². The Kier molecular flexibility index (Phi) is 6.50. The van der Waals surface area contributed by atoms with Gasteiger partial charge in [0.15, 0.2) is 0 Å². The smallest absolute Gasteiger partial charge is 0.151 e. The minimum absolute atomic E-state index is 0.0106. The fraction of sp³-hybridized carbons (Fsp3) is 0.152.